The second-order valence-corrected chi connectivity index (χ2v) is 8.79. The SMILES string of the molecule is Cn1cc(C(CC(=O)N2CCc3ccccc3C2)c2ccc(Cl)cc2)c2ccccc21. The van der Waals surface area contributed by atoms with Gasteiger partial charge in [0.15, 0.2) is 0 Å². The van der Waals surface area contributed by atoms with Crippen LogP contribution in [0.25, 0.3) is 10.9 Å². The van der Waals surface area contributed by atoms with E-state index in [0.29, 0.717) is 18.0 Å². The van der Waals surface area contributed by atoms with E-state index in [2.05, 4.69) is 66.3 Å². The maximum Gasteiger partial charge on any atom is 0.223 e. The number of amides is 1. The number of carbonyl (C=O) groups is 1. The molecule has 0 bridgehead atoms. The summed E-state index contributed by atoms with van der Waals surface area (Å²) in [4.78, 5) is 15.5. The van der Waals surface area contributed by atoms with Crippen LogP contribution in [0.15, 0.2) is 79.0 Å². The lowest BCUT2D eigenvalue weighted by Gasteiger charge is -2.30. The fourth-order valence-corrected chi connectivity index (χ4v) is 4.89. The van der Waals surface area contributed by atoms with E-state index in [9.17, 15) is 4.79 Å². The van der Waals surface area contributed by atoms with Crippen LogP contribution in [0.1, 0.15) is 34.6 Å². The van der Waals surface area contributed by atoms with E-state index >= 15 is 0 Å². The van der Waals surface area contributed by atoms with Crippen molar-refractivity contribution in [3.8, 4) is 0 Å². The van der Waals surface area contributed by atoms with Crippen molar-refractivity contribution in [2.24, 2.45) is 7.05 Å². The van der Waals surface area contributed by atoms with Gasteiger partial charge in [-0.25, -0.2) is 0 Å². The largest absolute Gasteiger partial charge is 0.350 e. The average molecular weight is 429 g/mol. The molecule has 1 unspecified atom stereocenters. The lowest BCUT2D eigenvalue weighted by atomic mass is 9.87. The molecule has 1 amide bonds. The van der Waals surface area contributed by atoms with Crippen LogP contribution >= 0.6 is 11.6 Å². The monoisotopic (exact) mass is 428 g/mol. The Morgan fingerprint density at radius 1 is 0.968 bits per heavy atom. The van der Waals surface area contributed by atoms with Gasteiger partial charge in [-0.2, -0.15) is 0 Å². The Hall–Kier alpha value is -3.04. The number of nitrogens with zero attached hydrogens (tertiary/aromatic N) is 2. The summed E-state index contributed by atoms with van der Waals surface area (Å²) in [6.45, 7) is 1.47. The molecule has 4 heteroatoms. The molecule has 0 saturated heterocycles. The van der Waals surface area contributed by atoms with Crippen molar-refractivity contribution >= 4 is 28.4 Å². The summed E-state index contributed by atoms with van der Waals surface area (Å²) in [5, 5.41) is 1.90. The molecular weight excluding hydrogens is 404 g/mol. The molecule has 5 rings (SSSR count). The van der Waals surface area contributed by atoms with Crippen LogP contribution in [-0.4, -0.2) is 21.9 Å². The smallest absolute Gasteiger partial charge is 0.223 e. The minimum absolute atomic E-state index is 0.0203. The highest BCUT2D eigenvalue weighted by atomic mass is 35.5. The third-order valence-electron chi connectivity index (χ3n) is 6.44. The van der Waals surface area contributed by atoms with Gasteiger partial charge in [0, 0.05) is 54.6 Å². The van der Waals surface area contributed by atoms with Gasteiger partial charge in [0.2, 0.25) is 5.91 Å². The van der Waals surface area contributed by atoms with Crippen LogP contribution in [-0.2, 0) is 24.8 Å². The second-order valence-electron chi connectivity index (χ2n) is 8.35. The molecule has 0 aliphatic carbocycles. The Kier molecular flexibility index (Phi) is 5.29. The van der Waals surface area contributed by atoms with Crippen LogP contribution in [0, 0.1) is 0 Å². The summed E-state index contributed by atoms with van der Waals surface area (Å²) >= 11 is 6.16. The van der Waals surface area contributed by atoms with E-state index in [1.165, 1.54) is 27.6 Å². The van der Waals surface area contributed by atoms with Gasteiger partial charge in [-0.15, -0.1) is 0 Å². The van der Waals surface area contributed by atoms with E-state index in [0.717, 1.165) is 18.5 Å². The van der Waals surface area contributed by atoms with Gasteiger partial charge in [0.05, 0.1) is 0 Å². The zero-order chi connectivity index (χ0) is 21.4. The number of hydrogen-bond donors (Lipinski definition) is 0. The Balaban J connectivity index is 1.49. The van der Waals surface area contributed by atoms with Gasteiger partial charge in [-0.05, 0) is 46.9 Å². The van der Waals surface area contributed by atoms with Gasteiger partial charge in [0.1, 0.15) is 0 Å². The van der Waals surface area contributed by atoms with Crippen molar-refractivity contribution < 1.29 is 4.79 Å². The molecule has 3 nitrogen and oxygen atoms in total. The minimum Gasteiger partial charge on any atom is -0.350 e. The first kappa shape index (κ1) is 19.9. The summed E-state index contributed by atoms with van der Waals surface area (Å²) in [6.07, 6.45) is 3.53. The van der Waals surface area contributed by atoms with Crippen molar-refractivity contribution in [3.05, 3.63) is 106 Å². The summed E-state index contributed by atoms with van der Waals surface area (Å²) < 4.78 is 2.15. The Bertz CT molecular complexity index is 1240. The molecular formula is C27H25ClN2O. The van der Waals surface area contributed by atoms with Crippen LogP contribution in [0.2, 0.25) is 5.02 Å². The van der Waals surface area contributed by atoms with E-state index in [1.807, 2.05) is 29.2 Å². The maximum atomic E-state index is 13.5. The standard InChI is InChI=1S/C27H25ClN2O/c1-29-18-25(23-8-4-5-9-26(23)29)24(20-10-12-22(28)13-11-20)16-27(31)30-15-14-19-6-2-3-7-21(19)17-30/h2-13,18,24H,14-17H2,1H3. The van der Waals surface area contributed by atoms with E-state index < -0.39 is 0 Å². The maximum absolute atomic E-state index is 13.5. The number of aryl methyl sites for hydroxylation is 1. The molecule has 0 fully saturated rings. The highest BCUT2D eigenvalue weighted by molar-refractivity contribution is 6.30. The molecule has 3 aromatic carbocycles. The minimum atomic E-state index is -0.0203. The van der Waals surface area contributed by atoms with Crippen LogP contribution in [0.4, 0.5) is 0 Å². The van der Waals surface area contributed by atoms with E-state index in [1.54, 1.807) is 0 Å². The quantitative estimate of drug-likeness (QED) is 0.395. The Labute approximate surface area is 187 Å². The molecule has 0 N–H and O–H groups in total. The zero-order valence-corrected chi connectivity index (χ0v) is 18.3. The van der Waals surface area contributed by atoms with Crippen LogP contribution in [0.5, 0.6) is 0 Å². The molecule has 0 radical (unpaired) electrons. The number of rotatable bonds is 4. The third-order valence-corrected chi connectivity index (χ3v) is 6.69. The summed E-state index contributed by atoms with van der Waals surface area (Å²) in [6, 6.07) is 24.8. The number of carbonyl (C=O) groups excluding carboxylic acids is 1. The summed E-state index contributed by atoms with van der Waals surface area (Å²) in [5.74, 6) is 0.176. The van der Waals surface area contributed by atoms with Crippen molar-refractivity contribution in [2.75, 3.05) is 6.54 Å². The summed E-state index contributed by atoms with van der Waals surface area (Å²) in [7, 11) is 2.06. The Morgan fingerprint density at radius 3 is 2.48 bits per heavy atom. The number of halogens is 1. The zero-order valence-electron chi connectivity index (χ0n) is 17.6. The fraction of sp³-hybridized carbons (Fsp3) is 0.222. The average Bonchev–Trinajstić information content (AvgIpc) is 3.14. The highest BCUT2D eigenvalue weighted by Gasteiger charge is 2.27. The first-order valence-electron chi connectivity index (χ1n) is 10.7. The molecule has 4 aromatic rings. The lowest BCUT2D eigenvalue weighted by molar-refractivity contribution is -0.132. The number of fused-ring (bicyclic) bond motifs is 2. The number of benzene rings is 3. The van der Waals surface area contributed by atoms with Crippen LogP contribution < -0.4 is 0 Å². The third kappa shape index (κ3) is 3.86. The van der Waals surface area contributed by atoms with Crippen molar-refractivity contribution in [2.45, 2.75) is 25.3 Å². The lowest BCUT2D eigenvalue weighted by Crippen LogP contribution is -2.36. The van der Waals surface area contributed by atoms with E-state index in [-0.39, 0.29) is 11.8 Å². The topological polar surface area (TPSA) is 25.2 Å². The number of aromatic nitrogens is 1. The predicted molar refractivity (Wildman–Crippen MR) is 126 cm³/mol. The van der Waals surface area contributed by atoms with Crippen LogP contribution in [0.3, 0.4) is 0 Å². The normalized spacial score (nSPS) is 14.5. The van der Waals surface area contributed by atoms with Crippen molar-refractivity contribution in [1.82, 2.24) is 9.47 Å². The summed E-state index contributed by atoms with van der Waals surface area (Å²) in [5.41, 5.74) is 6.10. The molecule has 0 saturated carbocycles. The molecule has 1 aliphatic rings. The van der Waals surface area contributed by atoms with Gasteiger partial charge < -0.3 is 9.47 Å². The molecule has 1 aliphatic heterocycles. The first-order chi connectivity index (χ1) is 15.1. The van der Waals surface area contributed by atoms with Gasteiger partial charge in [-0.1, -0.05) is 66.2 Å². The predicted octanol–water partition coefficient (Wildman–Crippen LogP) is 5.94. The molecule has 2 heterocycles. The van der Waals surface area contributed by atoms with Gasteiger partial charge in [0.25, 0.3) is 0 Å². The van der Waals surface area contributed by atoms with E-state index in [4.69, 9.17) is 11.6 Å². The molecule has 1 aromatic heterocycles. The number of para-hydroxylation sites is 1. The van der Waals surface area contributed by atoms with Gasteiger partial charge >= 0.3 is 0 Å². The Morgan fingerprint density at radius 2 is 1.68 bits per heavy atom. The fourth-order valence-electron chi connectivity index (χ4n) is 4.77. The number of hydrogen-bond acceptors (Lipinski definition) is 1. The highest BCUT2D eigenvalue weighted by Crippen LogP contribution is 2.35. The first-order valence-corrected chi connectivity index (χ1v) is 11.1. The molecule has 0 spiro atoms. The van der Waals surface area contributed by atoms with Crippen molar-refractivity contribution in [3.63, 3.8) is 0 Å². The molecule has 156 valence electrons. The molecule has 1 atom stereocenters. The molecule has 31 heavy (non-hydrogen) atoms. The second kappa shape index (κ2) is 8.24. The van der Waals surface area contributed by atoms with Gasteiger partial charge in [-0.3, -0.25) is 4.79 Å². The van der Waals surface area contributed by atoms with Crippen molar-refractivity contribution in [1.29, 1.82) is 0 Å².